The van der Waals surface area contributed by atoms with Crippen LogP contribution in [0.3, 0.4) is 0 Å². The van der Waals surface area contributed by atoms with Crippen LogP contribution in [0.4, 0.5) is 0 Å². The second kappa shape index (κ2) is 4.25. The summed E-state index contributed by atoms with van der Waals surface area (Å²) in [7, 11) is 0. The van der Waals surface area contributed by atoms with Gasteiger partial charge in [0.1, 0.15) is 6.54 Å². The van der Waals surface area contributed by atoms with Crippen molar-refractivity contribution in [2.75, 3.05) is 6.54 Å². The number of thiophene rings is 1. The SMILES string of the molecule is Cc1ccsc1C1CC1C(=O)NCC(=O)O. The summed E-state index contributed by atoms with van der Waals surface area (Å²) < 4.78 is 0. The molecular weight excluding hydrogens is 226 g/mol. The summed E-state index contributed by atoms with van der Waals surface area (Å²) in [4.78, 5) is 23.1. The molecule has 5 heteroatoms. The number of rotatable bonds is 4. The first-order valence-electron chi connectivity index (χ1n) is 5.13. The molecule has 1 fully saturated rings. The van der Waals surface area contributed by atoms with Gasteiger partial charge in [0.25, 0.3) is 0 Å². The first-order chi connectivity index (χ1) is 7.59. The summed E-state index contributed by atoms with van der Waals surface area (Å²) in [5.41, 5.74) is 1.23. The summed E-state index contributed by atoms with van der Waals surface area (Å²) in [5, 5.41) is 12.9. The summed E-state index contributed by atoms with van der Waals surface area (Å²) >= 11 is 1.67. The molecule has 1 aromatic rings. The molecule has 1 aliphatic rings. The highest BCUT2D eigenvalue weighted by atomic mass is 32.1. The fraction of sp³-hybridized carbons (Fsp3) is 0.455. The number of carboxylic acids is 1. The Balaban J connectivity index is 1.89. The quantitative estimate of drug-likeness (QED) is 0.833. The van der Waals surface area contributed by atoms with Gasteiger partial charge in [-0.1, -0.05) is 0 Å². The highest BCUT2D eigenvalue weighted by molar-refractivity contribution is 7.10. The van der Waals surface area contributed by atoms with Crippen LogP contribution in [-0.4, -0.2) is 23.5 Å². The van der Waals surface area contributed by atoms with Crippen molar-refractivity contribution in [3.8, 4) is 0 Å². The van der Waals surface area contributed by atoms with Gasteiger partial charge in [-0.15, -0.1) is 11.3 Å². The lowest BCUT2D eigenvalue weighted by Gasteiger charge is -2.01. The summed E-state index contributed by atoms with van der Waals surface area (Å²) in [6.45, 7) is 1.75. The number of carboxylic acid groups (broad SMARTS) is 1. The molecule has 1 aromatic heterocycles. The predicted octanol–water partition coefficient (Wildman–Crippen LogP) is 1.36. The maximum absolute atomic E-state index is 11.6. The molecule has 0 spiro atoms. The monoisotopic (exact) mass is 239 g/mol. The minimum atomic E-state index is -1.00. The number of hydrogen-bond acceptors (Lipinski definition) is 3. The second-order valence-corrected chi connectivity index (χ2v) is 4.98. The molecule has 2 atom stereocenters. The molecule has 86 valence electrons. The van der Waals surface area contributed by atoms with E-state index in [4.69, 9.17) is 5.11 Å². The van der Waals surface area contributed by atoms with E-state index in [9.17, 15) is 9.59 Å². The van der Waals surface area contributed by atoms with Crippen LogP contribution in [0.1, 0.15) is 22.8 Å². The van der Waals surface area contributed by atoms with Crippen molar-refractivity contribution in [3.05, 3.63) is 21.9 Å². The Hall–Kier alpha value is -1.36. The van der Waals surface area contributed by atoms with E-state index in [-0.39, 0.29) is 18.4 Å². The molecule has 2 unspecified atom stereocenters. The van der Waals surface area contributed by atoms with Gasteiger partial charge >= 0.3 is 5.97 Å². The number of aliphatic carboxylic acids is 1. The van der Waals surface area contributed by atoms with Crippen molar-refractivity contribution >= 4 is 23.2 Å². The largest absolute Gasteiger partial charge is 0.480 e. The Kier molecular flexibility index (Phi) is 2.96. The molecule has 0 aliphatic heterocycles. The van der Waals surface area contributed by atoms with Crippen molar-refractivity contribution in [2.45, 2.75) is 19.3 Å². The molecule has 4 nitrogen and oxygen atoms in total. The third kappa shape index (κ3) is 2.24. The van der Waals surface area contributed by atoms with Crippen LogP contribution in [0.15, 0.2) is 11.4 Å². The lowest BCUT2D eigenvalue weighted by molar-refractivity contribution is -0.138. The zero-order chi connectivity index (χ0) is 11.7. The predicted molar refractivity (Wildman–Crippen MR) is 60.5 cm³/mol. The van der Waals surface area contributed by atoms with Gasteiger partial charge in [0.05, 0.1) is 0 Å². The number of amides is 1. The Labute approximate surface area is 97.3 Å². The van der Waals surface area contributed by atoms with Crippen molar-refractivity contribution in [1.82, 2.24) is 5.32 Å². The van der Waals surface area contributed by atoms with Gasteiger partial charge < -0.3 is 10.4 Å². The molecule has 0 saturated heterocycles. The average Bonchev–Trinajstić information content (AvgIpc) is 2.91. The smallest absolute Gasteiger partial charge is 0.322 e. The number of nitrogens with one attached hydrogen (secondary N) is 1. The van der Waals surface area contributed by atoms with E-state index in [2.05, 4.69) is 5.32 Å². The van der Waals surface area contributed by atoms with Gasteiger partial charge in [0, 0.05) is 16.7 Å². The zero-order valence-electron chi connectivity index (χ0n) is 8.90. The Morgan fingerprint density at radius 1 is 1.62 bits per heavy atom. The molecule has 0 radical (unpaired) electrons. The van der Waals surface area contributed by atoms with Crippen LogP contribution in [0.2, 0.25) is 0 Å². The topological polar surface area (TPSA) is 66.4 Å². The van der Waals surface area contributed by atoms with E-state index in [1.165, 1.54) is 10.4 Å². The fourth-order valence-electron chi connectivity index (χ4n) is 1.83. The Bertz CT molecular complexity index is 427. The van der Waals surface area contributed by atoms with Crippen molar-refractivity contribution in [1.29, 1.82) is 0 Å². The van der Waals surface area contributed by atoms with Gasteiger partial charge in [0.2, 0.25) is 5.91 Å². The van der Waals surface area contributed by atoms with Crippen molar-refractivity contribution < 1.29 is 14.7 Å². The molecule has 2 rings (SSSR count). The van der Waals surface area contributed by atoms with E-state index in [0.29, 0.717) is 5.92 Å². The minimum Gasteiger partial charge on any atom is -0.480 e. The highest BCUT2D eigenvalue weighted by Gasteiger charge is 2.45. The lowest BCUT2D eigenvalue weighted by Crippen LogP contribution is -2.30. The first kappa shape index (κ1) is 11.1. The van der Waals surface area contributed by atoms with Gasteiger partial charge in [0.15, 0.2) is 0 Å². The molecule has 0 aromatic carbocycles. The molecule has 1 amide bonds. The maximum Gasteiger partial charge on any atom is 0.322 e. The number of carbonyl (C=O) groups excluding carboxylic acids is 1. The van der Waals surface area contributed by atoms with Gasteiger partial charge in [-0.2, -0.15) is 0 Å². The normalized spacial score (nSPS) is 22.8. The first-order valence-corrected chi connectivity index (χ1v) is 6.01. The zero-order valence-corrected chi connectivity index (χ0v) is 9.71. The Morgan fingerprint density at radius 2 is 2.38 bits per heavy atom. The number of hydrogen-bond donors (Lipinski definition) is 2. The maximum atomic E-state index is 11.6. The molecule has 2 N–H and O–H groups in total. The van der Waals surface area contributed by atoms with Gasteiger partial charge in [-0.3, -0.25) is 9.59 Å². The minimum absolute atomic E-state index is 0.0308. The molecule has 1 saturated carbocycles. The van der Waals surface area contributed by atoms with Crippen LogP contribution in [0.5, 0.6) is 0 Å². The number of aryl methyl sites for hydroxylation is 1. The average molecular weight is 239 g/mol. The molecule has 1 aliphatic carbocycles. The van der Waals surface area contributed by atoms with E-state index in [1.807, 2.05) is 18.4 Å². The molecular formula is C11H13NO3S. The van der Waals surface area contributed by atoms with Crippen LogP contribution in [0.25, 0.3) is 0 Å². The van der Waals surface area contributed by atoms with Gasteiger partial charge in [-0.25, -0.2) is 0 Å². The third-order valence-corrected chi connectivity index (χ3v) is 3.93. The van der Waals surface area contributed by atoms with Crippen LogP contribution in [0, 0.1) is 12.8 Å². The number of carbonyl (C=O) groups is 2. The van der Waals surface area contributed by atoms with Gasteiger partial charge in [-0.05, 0) is 30.4 Å². The van der Waals surface area contributed by atoms with Crippen LogP contribution in [-0.2, 0) is 9.59 Å². The van der Waals surface area contributed by atoms with Crippen LogP contribution < -0.4 is 5.32 Å². The fourth-order valence-corrected chi connectivity index (χ4v) is 2.94. The summed E-state index contributed by atoms with van der Waals surface area (Å²) in [5.74, 6) is -0.872. The lowest BCUT2D eigenvalue weighted by atomic mass is 10.2. The third-order valence-electron chi connectivity index (χ3n) is 2.78. The molecule has 0 bridgehead atoms. The molecule has 1 heterocycles. The second-order valence-electron chi connectivity index (χ2n) is 4.03. The highest BCUT2D eigenvalue weighted by Crippen LogP contribution is 2.50. The van der Waals surface area contributed by atoms with E-state index < -0.39 is 5.97 Å². The van der Waals surface area contributed by atoms with E-state index >= 15 is 0 Å². The van der Waals surface area contributed by atoms with Crippen molar-refractivity contribution in [2.24, 2.45) is 5.92 Å². The summed E-state index contributed by atoms with van der Waals surface area (Å²) in [6.07, 6.45) is 0.840. The Morgan fingerprint density at radius 3 is 2.94 bits per heavy atom. The standard InChI is InChI=1S/C11H13NO3S/c1-6-2-3-16-10(6)7-4-8(7)11(15)12-5-9(13)14/h2-3,7-8H,4-5H2,1H3,(H,12,15)(H,13,14). The summed E-state index contributed by atoms with van der Waals surface area (Å²) in [6, 6.07) is 2.05. The van der Waals surface area contributed by atoms with E-state index in [1.54, 1.807) is 11.3 Å². The van der Waals surface area contributed by atoms with Crippen LogP contribution >= 0.6 is 11.3 Å². The van der Waals surface area contributed by atoms with Crippen molar-refractivity contribution in [3.63, 3.8) is 0 Å². The molecule has 16 heavy (non-hydrogen) atoms. The van der Waals surface area contributed by atoms with E-state index in [0.717, 1.165) is 6.42 Å².